The summed E-state index contributed by atoms with van der Waals surface area (Å²) in [7, 11) is 0. The Morgan fingerprint density at radius 3 is 2.61 bits per heavy atom. The fourth-order valence-electron chi connectivity index (χ4n) is 1.98. The summed E-state index contributed by atoms with van der Waals surface area (Å²) in [5.41, 5.74) is 0.914. The second-order valence-electron chi connectivity index (χ2n) is 3.86. The fraction of sp³-hybridized carbons (Fsp3) is 0. The number of rotatable bonds is 0. The second kappa shape index (κ2) is 3.71. The molecule has 2 N–H and O–H groups in total. The Kier molecular flexibility index (Phi) is 2.27. The van der Waals surface area contributed by atoms with E-state index in [9.17, 15) is 15.2 Å². The van der Waals surface area contributed by atoms with E-state index in [-0.39, 0.29) is 22.3 Å². The highest BCUT2D eigenvalue weighted by Crippen LogP contribution is 2.30. The number of halogens is 1. The summed E-state index contributed by atoms with van der Waals surface area (Å²) in [6.07, 6.45) is 0. The van der Waals surface area contributed by atoms with Gasteiger partial charge in [0, 0.05) is 11.0 Å². The number of aromatic hydroxyl groups is 1. The molecule has 0 aliphatic heterocycles. The Balaban J connectivity index is 2.72. The average molecular weight is 308 g/mol. The van der Waals surface area contributed by atoms with Crippen molar-refractivity contribution in [3.05, 3.63) is 45.8 Å². The topological polar surface area (TPSA) is 68.4 Å². The highest BCUT2D eigenvalue weighted by Gasteiger charge is 2.22. The average Bonchev–Trinajstić information content (AvgIpc) is 2.39. The molecule has 0 amide bonds. The van der Waals surface area contributed by atoms with E-state index in [1.54, 1.807) is 36.4 Å². The molecule has 0 fully saturated rings. The van der Waals surface area contributed by atoms with Gasteiger partial charge in [-0.3, -0.25) is 0 Å². The maximum Gasteiger partial charge on any atom is 0.332 e. The number of para-hydroxylation sites is 2. The van der Waals surface area contributed by atoms with Crippen LogP contribution >= 0.6 is 15.9 Å². The maximum atomic E-state index is 12.2. The summed E-state index contributed by atoms with van der Waals surface area (Å²) in [6, 6.07) is 9.74. The number of aromatic nitrogens is 2. The first-order chi connectivity index (χ1) is 8.61. The quantitative estimate of drug-likeness (QED) is 0.381. The zero-order chi connectivity index (χ0) is 12.9. The number of hydrogen-bond acceptors (Lipinski definition) is 3. The van der Waals surface area contributed by atoms with E-state index in [1.165, 1.54) is 0 Å². The molecule has 0 bridgehead atoms. The first kappa shape index (κ1) is 11.0. The summed E-state index contributed by atoms with van der Waals surface area (Å²) in [4.78, 5) is 12.2. The monoisotopic (exact) mass is 307 g/mol. The zero-order valence-corrected chi connectivity index (χ0v) is 10.6. The summed E-state index contributed by atoms with van der Waals surface area (Å²) >= 11 is 3.15. The van der Waals surface area contributed by atoms with Gasteiger partial charge >= 0.3 is 5.52 Å². The van der Waals surface area contributed by atoms with Gasteiger partial charge < -0.3 is 10.3 Å². The van der Waals surface area contributed by atoms with Crippen LogP contribution in [0.3, 0.4) is 0 Å². The van der Waals surface area contributed by atoms with Gasteiger partial charge in [0.05, 0.1) is 8.90 Å². The van der Waals surface area contributed by atoms with Crippen LogP contribution in [0.15, 0.2) is 40.9 Å². The van der Waals surface area contributed by atoms with Gasteiger partial charge in [-0.1, -0.05) is 12.1 Å². The molecule has 1 aromatic heterocycles. The Labute approximate surface area is 109 Å². The third-order valence-electron chi connectivity index (χ3n) is 2.84. The van der Waals surface area contributed by atoms with Gasteiger partial charge in [0.1, 0.15) is 0 Å². The molecule has 3 rings (SSSR count). The van der Waals surface area contributed by atoms with Crippen LogP contribution in [-0.4, -0.2) is 15.0 Å². The number of fused-ring (bicyclic) bond motifs is 2. The van der Waals surface area contributed by atoms with Crippen LogP contribution in [0.1, 0.15) is 0 Å². The Hall–Kier alpha value is -2.08. The maximum absolute atomic E-state index is 12.2. The van der Waals surface area contributed by atoms with Crippen LogP contribution < -0.4 is 4.43 Å². The van der Waals surface area contributed by atoms with Gasteiger partial charge in [-0.2, -0.15) is 4.73 Å². The van der Waals surface area contributed by atoms with Crippen molar-refractivity contribution in [1.82, 2.24) is 4.73 Å². The molecule has 0 atom stereocenters. The molecule has 0 spiro atoms. The normalized spacial score (nSPS) is 11.2. The van der Waals surface area contributed by atoms with E-state index in [2.05, 4.69) is 15.9 Å². The van der Waals surface area contributed by atoms with Crippen LogP contribution in [0.25, 0.3) is 22.1 Å². The molecule has 0 radical (unpaired) electrons. The molecule has 3 aromatic rings. The molecule has 1 heterocycles. The lowest BCUT2D eigenvalue weighted by Gasteiger charge is -2.04. The van der Waals surface area contributed by atoms with Gasteiger partial charge in [-0.15, -0.1) is 0 Å². The smallest absolute Gasteiger partial charge is 0.332 e. The lowest BCUT2D eigenvalue weighted by molar-refractivity contribution is -0.433. The Morgan fingerprint density at radius 1 is 1.11 bits per heavy atom. The molecule has 18 heavy (non-hydrogen) atoms. The van der Waals surface area contributed by atoms with Gasteiger partial charge in [0.15, 0.2) is 11.0 Å². The highest BCUT2D eigenvalue weighted by molar-refractivity contribution is 9.10. The van der Waals surface area contributed by atoms with E-state index in [0.717, 1.165) is 4.73 Å². The van der Waals surface area contributed by atoms with Gasteiger partial charge in [-0.05, 0) is 34.1 Å². The Bertz CT molecular complexity index is 842. The molecular formula is C12H8BrN2O3+. The summed E-state index contributed by atoms with van der Waals surface area (Å²) < 4.78 is 1.90. The van der Waals surface area contributed by atoms with Crippen molar-refractivity contribution in [3.8, 4) is 5.75 Å². The van der Waals surface area contributed by atoms with Crippen molar-refractivity contribution in [1.29, 1.82) is 0 Å². The molecule has 2 aromatic carbocycles. The highest BCUT2D eigenvalue weighted by atomic mass is 79.9. The van der Waals surface area contributed by atoms with E-state index in [1.807, 2.05) is 0 Å². The molecule has 5 nitrogen and oxygen atoms in total. The third kappa shape index (κ3) is 1.32. The molecule has 0 aliphatic rings. The van der Waals surface area contributed by atoms with Crippen molar-refractivity contribution in [3.63, 3.8) is 0 Å². The van der Waals surface area contributed by atoms with Crippen molar-refractivity contribution in [2.75, 3.05) is 0 Å². The fourth-order valence-corrected chi connectivity index (χ4v) is 2.30. The second-order valence-corrected chi connectivity index (χ2v) is 4.71. The van der Waals surface area contributed by atoms with Crippen molar-refractivity contribution in [2.24, 2.45) is 0 Å². The van der Waals surface area contributed by atoms with Crippen molar-refractivity contribution in [2.45, 2.75) is 0 Å². The van der Waals surface area contributed by atoms with E-state index >= 15 is 0 Å². The van der Waals surface area contributed by atoms with Crippen LogP contribution in [0.2, 0.25) is 0 Å². The minimum atomic E-state index is -0.198. The van der Waals surface area contributed by atoms with E-state index in [4.69, 9.17) is 0 Å². The summed E-state index contributed by atoms with van der Waals surface area (Å²) in [6.45, 7) is 0. The van der Waals surface area contributed by atoms with Crippen LogP contribution in [-0.2, 0) is 0 Å². The molecule has 0 saturated heterocycles. The number of phenols is 1. The minimum Gasteiger partial charge on any atom is -0.501 e. The molecule has 90 valence electrons. The SMILES string of the molecule is O=[n+]1c2ccccc2n(O)c2ccc(Br)c(O)c21. The minimum absolute atomic E-state index is 0.0191. The van der Waals surface area contributed by atoms with Crippen molar-refractivity contribution >= 4 is 38.0 Å². The van der Waals surface area contributed by atoms with Crippen LogP contribution in [0, 0.1) is 4.91 Å². The first-order valence-electron chi connectivity index (χ1n) is 5.18. The first-order valence-corrected chi connectivity index (χ1v) is 5.97. The van der Waals surface area contributed by atoms with E-state index < -0.39 is 0 Å². The third-order valence-corrected chi connectivity index (χ3v) is 3.48. The van der Waals surface area contributed by atoms with Crippen molar-refractivity contribution < 1.29 is 14.7 Å². The van der Waals surface area contributed by atoms with E-state index in [0.29, 0.717) is 14.4 Å². The number of hydrogen-bond donors (Lipinski definition) is 2. The number of phenolic OH excluding ortho intramolecular Hbond substituents is 1. The molecule has 0 unspecified atom stereocenters. The predicted octanol–water partition coefficient (Wildman–Crippen LogP) is 2.41. The summed E-state index contributed by atoms with van der Waals surface area (Å²) in [5, 5.41) is 20.0. The lowest BCUT2D eigenvalue weighted by atomic mass is 10.2. The lowest BCUT2D eigenvalue weighted by Crippen LogP contribution is -2.20. The largest absolute Gasteiger partial charge is 0.501 e. The summed E-state index contributed by atoms with van der Waals surface area (Å²) in [5.74, 6) is -0.198. The Morgan fingerprint density at radius 2 is 1.83 bits per heavy atom. The molecule has 6 heteroatoms. The molecule has 0 saturated carbocycles. The predicted molar refractivity (Wildman–Crippen MR) is 69.4 cm³/mol. The number of nitrogens with zero attached hydrogens (tertiary/aromatic N) is 2. The van der Waals surface area contributed by atoms with Gasteiger partial charge in [0.25, 0.3) is 5.52 Å². The standard InChI is InChI=1S/C12H7BrN2O3/c13-7-5-6-10-11(12(7)16)15(18)9-4-2-1-3-8(9)14(10)17/h1-6,17H/p+1. The number of benzene rings is 2. The zero-order valence-electron chi connectivity index (χ0n) is 9.04. The molecule has 0 aliphatic carbocycles. The van der Waals surface area contributed by atoms with Crippen LogP contribution in [0.4, 0.5) is 0 Å². The van der Waals surface area contributed by atoms with Gasteiger partial charge in [0.2, 0.25) is 5.75 Å². The van der Waals surface area contributed by atoms with Gasteiger partial charge in [-0.25, -0.2) is 0 Å². The van der Waals surface area contributed by atoms with Crippen LogP contribution in [0.5, 0.6) is 5.75 Å². The molecular weight excluding hydrogens is 300 g/mol.